The molecule has 0 amide bonds. The summed E-state index contributed by atoms with van der Waals surface area (Å²) >= 11 is 0. The summed E-state index contributed by atoms with van der Waals surface area (Å²) in [6, 6.07) is 65.2. The summed E-state index contributed by atoms with van der Waals surface area (Å²) < 4.78 is 0. The molecule has 6 aromatic carbocycles. The Morgan fingerprint density at radius 1 is 0.423 bits per heavy atom. The molecule has 8 aromatic rings. The zero-order chi connectivity index (χ0) is 34.5. The molecule has 10 rings (SSSR count). The van der Waals surface area contributed by atoms with E-state index >= 15 is 0 Å². The molecule has 244 valence electrons. The van der Waals surface area contributed by atoms with Gasteiger partial charge in [0.1, 0.15) is 0 Å². The fourth-order valence-electron chi connectivity index (χ4n) is 8.41. The summed E-state index contributed by atoms with van der Waals surface area (Å²) in [5, 5.41) is 0. The molecule has 2 aromatic heterocycles. The highest BCUT2D eigenvalue weighted by molar-refractivity contribution is 5.97. The Kier molecular flexibility index (Phi) is 7.04. The van der Waals surface area contributed by atoms with Crippen LogP contribution in [0.15, 0.2) is 194 Å². The normalized spacial score (nSPS) is 12.8. The predicted octanol–water partition coefficient (Wildman–Crippen LogP) is 11.9. The molecule has 0 atom stereocenters. The molecule has 2 aliphatic rings. The van der Waals surface area contributed by atoms with E-state index < -0.39 is 5.41 Å². The Balaban J connectivity index is 1.24. The SMILES string of the molecule is C(=C(c1ccccc1)c1ccccc1)c1ccc2c(c1)C1(c3cc(N(c4ccccc4)c4ccccc4)ccc3-2)c2cccnc2-c2ncccc21. The lowest BCUT2D eigenvalue weighted by Crippen LogP contribution is -2.26. The summed E-state index contributed by atoms with van der Waals surface area (Å²) in [7, 11) is 0. The van der Waals surface area contributed by atoms with Gasteiger partial charge in [0.05, 0.1) is 16.8 Å². The van der Waals surface area contributed by atoms with Crippen LogP contribution >= 0.6 is 0 Å². The molecule has 0 radical (unpaired) electrons. The van der Waals surface area contributed by atoms with E-state index in [2.05, 4.69) is 193 Å². The molecular weight excluding hydrogens is 631 g/mol. The van der Waals surface area contributed by atoms with E-state index in [4.69, 9.17) is 9.97 Å². The van der Waals surface area contributed by atoms with Crippen LogP contribution in [-0.4, -0.2) is 9.97 Å². The predicted molar refractivity (Wildman–Crippen MR) is 213 cm³/mol. The number of nitrogens with zero attached hydrogens (tertiary/aromatic N) is 3. The van der Waals surface area contributed by atoms with E-state index in [1.807, 2.05) is 12.4 Å². The number of rotatable bonds is 6. The maximum atomic E-state index is 4.98. The molecule has 0 saturated carbocycles. The highest BCUT2D eigenvalue weighted by Gasteiger charge is 2.53. The molecule has 1 spiro atoms. The van der Waals surface area contributed by atoms with E-state index in [1.54, 1.807) is 0 Å². The minimum Gasteiger partial charge on any atom is -0.310 e. The van der Waals surface area contributed by atoms with Crippen LogP contribution in [0.4, 0.5) is 17.1 Å². The van der Waals surface area contributed by atoms with Gasteiger partial charge in [0.25, 0.3) is 0 Å². The van der Waals surface area contributed by atoms with Crippen LogP contribution in [0.2, 0.25) is 0 Å². The van der Waals surface area contributed by atoms with E-state index in [0.29, 0.717) is 0 Å². The molecule has 0 unspecified atom stereocenters. The zero-order valence-corrected chi connectivity index (χ0v) is 28.4. The number of pyridine rings is 2. The van der Waals surface area contributed by atoms with Gasteiger partial charge in [0, 0.05) is 29.5 Å². The number of anilines is 3. The van der Waals surface area contributed by atoms with Crippen molar-refractivity contribution in [3.63, 3.8) is 0 Å². The topological polar surface area (TPSA) is 29.0 Å². The molecule has 2 aliphatic carbocycles. The summed E-state index contributed by atoms with van der Waals surface area (Å²) in [6.07, 6.45) is 6.12. The third kappa shape index (κ3) is 4.60. The maximum absolute atomic E-state index is 4.98. The molecule has 0 N–H and O–H groups in total. The maximum Gasteiger partial charge on any atom is 0.0937 e. The van der Waals surface area contributed by atoms with Crippen molar-refractivity contribution in [3.8, 4) is 22.5 Å². The Bertz CT molecular complexity index is 2490. The Morgan fingerprint density at radius 3 is 1.44 bits per heavy atom. The zero-order valence-electron chi connectivity index (χ0n) is 28.4. The fraction of sp³-hybridized carbons (Fsp3) is 0.0204. The smallest absolute Gasteiger partial charge is 0.0937 e. The van der Waals surface area contributed by atoms with Crippen LogP contribution in [0.5, 0.6) is 0 Å². The second-order valence-electron chi connectivity index (χ2n) is 13.4. The highest BCUT2D eigenvalue weighted by Crippen LogP contribution is 2.62. The monoisotopic (exact) mass is 663 g/mol. The van der Waals surface area contributed by atoms with Gasteiger partial charge in [-0.3, -0.25) is 9.97 Å². The lowest BCUT2D eigenvalue weighted by Gasteiger charge is -2.31. The number of fused-ring (bicyclic) bond motifs is 10. The lowest BCUT2D eigenvalue weighted by atomic mass is 9.70. The van der Waals surface area contributed by atoms with Crippen molar-refractivity contribution in [1.82, 2.24) is 9.97 Å². The minimum atomic E-state index is -0.601. The molecular formula is C49H33N3. The molecule has 3 heteroatoms. The van der Waals surface area contributed by atoms with E-state index in [9.17, 15) is 0 Å². The highest BCUT2D eigenvalue weighted by atomic mass is 15.1. The van der Waals surface area contributed by atoms with Crippen LogP contribution in [0, 0.1) is 0 Å². The van der Waals surface area contributed by atoms with Gasteiger partial charge >= 0.3 is 0 Å². The number of hydrogen-bond donors (Lipinski definition) is 0. The molecule has 0 fully saturated rings. The molecule has 52 heavy (non-hydrogen) atoms. The summed E-state index contributed by atoms with van der Waals surface area (Å²) in [6.45, 7) is 0. The van der Waals surface area contributed by atoms with Crippen molar-refractivity contribution in [2.75, 3.05) is 4.90 Å². The van der Waals surface area contributed by atoms with Crippen molar-refractivity contribution < 1.29 is 0 Å². The molecule has 0 aliphatic heterocycles. The lowest BCUT2D eigenvalue weighted by molar-refractivity contribution is 0.789. The quantitative estimate of drug-likeness (QED) is 0.166. The second-order valence-corrected chi connectivity index (χ2v) is 13.4. The molecule has 3 nitrogen and oxygen atoms in total. The van der Waals surface area contributed by atoms with E-state index in [-0.39, 0.29) is 0 Å². The average Bonchev–Trinajstić information content (AvgIpc) is 3.68. The van der Waals surface area contributed by atoms with Gasteiger partial charge in [0.15, 0.2) is 0 Å². The number of hydrogen-bond acceptors (Lipinski definition) is 3. The van der Waals surface area contributed by atoms with Gasteiger partial charge in [-0.15, -0.1) is 0 Å². The van der Waals surface area contributed by atoms with Crippen molar-refractivity contribution in [2.45, 2.75) is 5.41 Å². The number of aromatic nitrogens is 2. The third-order valence-corrected chi connectivity index (χ3v) is 10.6. The van der Waals surface area contributed by atoms with Crippen LogP contribution in [0.1, 0.15) is 38.9 Å². The molecule has 0 saturated heterocycles. The Hall–Kier alpha value is -6.84. The number of para-hydroxylation sites is 2. The summed E-state index contributed by atoms with van der Waals surface area (Å²) in [5.41, 5.74) is 16.6. The summed E-state index contributed by atoms with van der Waals surface area (Å²) in [4.78, 5) is 12.3. The van der Waals surface area contributed by atoms with Crippen LogP contribution < -0.4 is 4.90 Å². The Labute approximate surface area is 303 Å². The molecule has 0 bridgehead atoms. The van der Waals surface area contributed by atoms with Crippen LogP contribution in [-0.2, 0) is 5.41 Å². The fourth-order valence-corrected chi connectivity index (χ4v) is 8.41. The number of benzene rings is 6. The van der Waals surface area contributed by atoms with Gasteiger partial charge in [-0.25, -0.2) is 0 Å². The second kappa shape index (κ2) is 12.2. The van der Waals surface area contributed by atoms with Crippen LogP contribution in [0.3, 0.4) is 0 Å². The third-order valence-electron chi connectivity index (χ3n) is 10.6. The van der Waals surface area contributed by atoms with Gasteiger partial charge in [-0.1, -0.05) is 127 Å². The van der Waals surface area contributed by atoms with Gasteiger partial charge in [-0.05, 0) is 116 Å². The standard InChI is InChI=1S/C49H33N3/c1-5-15-35(16-6-1)42(36-17-7-2-8-18-36)31-34-25-27-40-41-28-26-39(52(37-19-9-3-10-20-37)38-21-11-4-12-22-38)33-46(41)49(45(40)32-34)43-23-13-29-50-47(43)48-44(49)24-14-30-51-48/h1-33H. The first-order valence-corrected chi connectivity index (χ1v) is 17.7. The first-order valence-electron chi connectivity index (χ1n) is 17.7. The van der Waals surface area contributed by atoms with Crippen molar-refractivity contribution >= 4 is 28.7 Å². The molecule has 2 heterocycles. The van der Waals surface area contributed by atoms with Crippen molar-refractivity contribution in [3.05, 3.63) is 233 Å². The van der Waals surface area contributed by atoms with Gasteiger partial charge in [-0.2, -0.15) is 0 Å². The average molecular weight is 664 g/mol. The first-order chi connectivity index (χ1) is 25.8. The minimum absolute atomic E-state index is 0.601. The van der Waals surface area contributed by atoms with Crippen molar-refractivity contribution in [1.29, 1.82) is 0 Å². The largest absolute Gasteiger partial charge is 0.310 e. The van der Waals surface area contributed by atoms with E-state index in [0.717, 1.165) is 34.0 Å². The van der Waals surface area contributed by atoms with E-state index in [1.165, 1.54) is 50.1 Å². The first kappa shape index (κ1) is 30.0. The Morgan fingerprint density at radius 2 is 0.904 bits per heavy atom. The summed E-state index contributed by atoms with van der Waals surface area (Å²) in [5.74, 6) is 0. The van der Waals surface area contributed by atoms with Crippen LogP contribution in [0.25, 0.3) is 34.2 Å². The van der Waals surface area contributed by atoms with Gasteiger partial charge < -0.3 is 4.90 Å². The van der Waals surface area contributed by atoms with Gasteiger partial charge in [0.2, 0.25) is 0 Å². The van der Waals surface area contributed by atoms with Crippen molar-refractivity contribution in [2.24, 2.45) is 0 Å².